The maximum absolute atomic E-state index is 12.4. The molecule has 4 aromatic rings. The molecular formula is C20H13BrN2OS. The third kappa shape index (κ3) is 3.34. The molecular weight excluding hydrogens is 396 g/mol. The molecule has 0 bridgehead atoms. The molecule has 1 N–H and O–H groups in total. The molecule has 0 fully saturated rings. The molecule has 25 heavy (non-hydrogen) atoms. The van der Waals surface area contributed by atoms with Crippen molar-refractivity contribution in [3.63, 3.8) is 0 Å². The predicted molar refractivity (Wildman–Crippen MR) is 107 cm³/mol. The van der Waals surface area contributed by atoms with E-state index in [0.29, 0.717) is 10.7 Å². The third-order valence-electron chi connectivity index (χ3n) is 3.89. The van der Waals surface area contributed by atoms with Gasteiger partial charge in [0.15, 0.2) is 5.13 Å². The molecule has 0 aliphatic heterocycles. The first-order chi connectivity index (χ1) is 12.2. The Morgan fingerprint density at radius 1 is 0.960 bits per heavy atom. The van der Waals surface area contributed by atoms with Gasteiger partial charge in [-0.25, -0.2) is 4.98 Å². The second-order valence-corrected chi connectivity index (χ2v) is 7.25. The SMILES string of the molecule is O=C(Nc1nc(-c2ccc3ccccc3c2)cs1)c1ccccc1Br. The van der Waals surface area contributed by atoms with Crippen LogP contribution in [-0.2, 0) is 0 Å². The summed E-state index contributed by atoms with van der Waals surface area (Å²) in [5.41, 5.74) is 2.49. The van der Waals surface area contributed by atoms with Gasteiger partial charge in [-0.05, 0) is 44.9 Å². The molecule has 1 amide bonds. The summed E-state index contributed by atoms with van der Waals surface area (Å²) in [5.74, 6) is -0.174. The molecule has 0 aliphatic carbocycles. The molecule has 0 atom stereocenters. The van der Waals surface area contributed by atoms with Crippen LogP contribution in [0, 0.1) is 0 Å². The second kappa shape index (κ2) is 6.78. The van der Waals surface area contributed by atoms with Gasteiger partial charge in [-0.3, -0.25) is 10.1 Å². The first kappa shape index (κ1) is 16.0. The number of thiazole rings is 1. The van der Waals surface area contributed by atoms with Crippen molar-refractivity contribution in [2.75, 3.05) is 5.32 Å². The minimum absolute atomic E-state index is 0.174. The Labute approximate surface area is 157 Å². The molecule has 4 rings (SSSR count). The van der Waals surface area contributed by atoms with E-state index in [2.05, 4.69) is 56.6 Å². The van der Waals surface area contributed by atoms with Crippen molar-refractivity contribution in [2.45, 2.75) is 0 Å². The van der Waals surface area contributed by atoms with Crippen molar-refractivity contribution in [3.05, 3.63) is 82.1 Å². The molecule has 0 radical (unpaired) electrons. The van der Waals surface area contributed by atoms with E-state index in [1.165, 1.54) is 22.1 Å². The van der Waals surface area contributed by atoms with Crippen LogP contribution in [0.1, 0.15) is 10.4 Å². The topological polar surface area (TPSA) is 42.0 Å². The lowest BCUT2D eigenvalue weighted by molar-refractivity contribution is 0.102. The highest BCUT2D eigenvalue weighted by atomic mass is 79.9. The van der Waals surface area contributed by atoms with E-state index >= 15 is 0 Å². The smallest absolute Gasteiger partial charge is 0.258 e. The van der Waals surface area contributed by atoms with Gasteiger partial charge in [0.2, 0.25) is 0 Å². The molecule has 3 aromatic carbocycles. The Morgan fingerprint density at radius 3 is 2.56 bits per heavy atom. The van der Waals surface area contributed by atoms with Crippen LogP contribution >= 0.6 is 27.3 Å². The van der Waals surface area contributed by atoms with Crippen LogP contribution in [0.25, 0.3) is 22.0 Å². The van der Waals surface area contributed by atoms with Gasteiger partial charge in [0.05, 0.1) is 11.3 Å². The van der Waals surface area contributed by atoms with Gasteiger partial charge >= 0.3 is 0 Å². The van der Waals surface area contributed by atoms with Crippen LogP contribution in [0.4, 0.5) is 5.13 Å². The Bertz CT molecular complexity index is 1070. The van der Waals surface area contributed by atoms with Crippen LogP contribution in [0.3, 0.4) is 0 Å². The number of fused-ring (bicyclic) bond motifs is 1. The van der Waals surface area contributed by atoms with Crippen molar-refractivity contribution in [2.24, 2.45) is 0 Å². The number of halogens is 1. The zero-order valence-electron chi connectivity index (χ0n) is 13.1. The Balaban J connectivity index is 1.59. The summed E-state index contributed by atoms with van der Waals surface area (Å²) in [4.78, 5) is 16.9. The lowest BCUT2D eigenvalue weighted by atomic mass is 10.1. The Morgan fingerprint density at radius 2 is 1.72 bits per heavy atom. The molecule has 3 nitrogen and oxygen atoms in total. The number of hydrogen-bond acceptors (Lipinski definition) is 3. The maximum Gasteiger partial charge on any atom is 0.258 e. The number of aromatic nitrogens is 1. The van der Waals surface area contributed by atoms with E-state index < -0.39 is 0 Å². The van der Waals surface area contributed by atoms with Crippen molar-refractivity contribution in [1.29, 1.82) is 0 Å². The quantitative estimate of drug-likeness (QED) is 0.453. The molecule has 1 aromatic heterocycles. The van der Waals surface area contributed by atoms with Crippen LogP contribution in [-0.4, -0.2) is 10.9 Å². The highest BCUT2D eigenvalue weighted by molar-refractivity contribution is 9.10. The third-order valence-corrected chi connectivity index (χ3v) is 5.34. The number of hydrogen-bond donors (Lipinski definition) is 1. The number of nitrogens with zero attached hydrogens (tertiary/aromatic N) is 1. The first-order valence-corrected chi connectivity index (χ1v) is 9.38. The Hall–Kier alpha value is -2.50. The minimum Gasteiger partial charge on any atom is -0.298 e. The normalized spacial score (nSPS) is 10.8. The monoisotopic (exact) mass is 408 g/mol. The largest absolute Gasteiger partial charge is 0.298 e. The lowest BCUT2D eigenvalue weighted by Gasteiger charge is -2.04. The molecule has 1 heterocycles. The Kier molecular flexibility index (Phi) is 4.34. The number of anilines is 1. The fraction of sp³-hybridized carbons (Fsp3) is 0. The zero-order chi connectivity index (χ0) is 17.2. The second-order valence-electron chi connectivity index (χ2n) is 5.53. The minimum atomic E-state index is -0.174. The molecule has 0 saturated carbocycles. The van der Waals surface area contributed by atoms with E-state index in [-0.39, 0.29) is 5.91 Å². The van der Waals surface area contributed by atoms with Gasteiger partial charge in [-0.15, -0.1) is 11.3 Å². The molecule has 0 unspecified atom stereocenters. The average Bonchev–Trinajstić information content (AvgIpc) is 3.10. The van der Waals surface area contributed by atoms with Crippen LogP contribution < -0.4 is 5.32 Å². The number of amides is 1. The highest BCUT2D eigenvalue weighted by Gasteiger charge is 2.12. The summed E-state index contributed by atoms with van der Waals surface area (Å²) in [6.07, 6.45) is 0. The number of carbonyl (C=O) groups excluding carboxylic acids is 1. The van der Waals surface area contributed by atoms with E-state index in [1.807, 2.05) is 35.7 Å². The van der Waals surface area contributed by atoms with E-state index in [9.17, 15) is 4.79 Å². The summed E-state index contributed by atoms with van der Waals surface area (Å²) >= 11 is 4.82. The highest BCUT2D eigenvalue weighted by Crippen LogP contribution is 2.28. The number of carbonyl (C=O) groups is 1. The van der Waals surface area contributed by atoms with Gasteiger partial charge in [-0.2, -0.15) is 0 Å². The molecule has 122 valence electrons. The van der Waals surface area contributed by atoms with Crippen LogP contribution in [0.15, 0.2) is 76.6 Å². The van der Waals surface area contributed by atoms with Gasteiger partial charge in [0.25, 0.3) is 5.91 Å². The van der Waals surface area contributed by atoms with Crippen LogP contribution in [0.5, 0.6) is 0 Å². The fourth-order valence-corrected chi connectivity index (χ4v) is 3.80. The number of nitrogens with one attached hydrogen (secondary N) is 1. The van der Waals surface area contributed by atoms with E-state index in [0.717, 1.165) is 15.7 Å². The van der Waals surface area contributed by atoms with Crippen LogP contribution in [0.2, 0.25) is 0 Å². The van der Waals surface area contributed by atoms with Crippen molar-refractivity contribution < 1.29 is 4.79 Å². The molecule has 5 heteroatoms. The first-order valence-electron chi connectivity index (χ1n) is 7.71. The lowest BCUT2D eigenvalue weighted by Crippen LogP contribution is -2.12. The van der Waals surface area contributed by atoms with Gasteiger partial charge < -0.3 is 0 Å². The summed E-state index contributed by atoms with van der Waals surface area (Å²) in [5, 5.41) is 7.78. The standard InChI is InChI=1S/C20H13BrN2OS/c21-17-8-4-3-7-16(17)19(24)23-20-22-18(12-25-20)15-10-9-13-5-1-2-6-14(13)11-15/h1-12H,(H,22,23,24). The van der Waals surface area contributed by atoms with Crippen molar-refractivity contribution in [3.8, 4) is 11.3 Å². The fourth-order valence-electron chi connectivity index (χ4n) is 2.62. The summed E-state index contributed by atoms with van der Waals surface area (Å²) in [7, 11) is 0. The molecule has 0 spiro atoms. The average molecular weight is 409 g/mol. The summed E-state index contributed by atoms with van der Waals surface area (Å²) in [6, 6.07) is 21.8. The van der Waals surface area contributed by atoms with Gasteiger partial charge in [0.1, 0.15) is 0 Å². The summed E-state index contributed by atoms with van der Waals surface area (Å²) in [6.45, 7) is 0. The van der Waals surface area contributed by atoms with Gasteiger partial charge in [-0.1, -0.05) is 48.5 Å². The molecule has 0 aliphatic rings. The van der Waals surface area contributed by atoms with Crippen molar-refractivity contribution in [1.82, 2.24) is 4.98 Å². The van der Waals surface area contributed by atoms with E-state index in [4.69, 9.17) is 0 Å². The molecule has 0 saturated heterocycles. The zero-order valence-corrected chi connectivity index (χ0v) is 15.5. The summed E-state index contributed by atoms with van der Waals surface area (Å²) < 4.78 is 0.763. The van der Waals surface area contributed by atoms with E-state index in [1.54, 1.807) is 6.07 Å². The maximum atomic E-state index is 12.4. The van der Waals surface area contributed by atoms with Crippen molar-refractivity contribution >= 4 is 49.1 Å². The van der Waals surface area contributed by atoms with Gasteiger partial charge in [0, 0.05) is 15.4 Å². The number of benzene rings is 3. The predicted octanol–water partition coefficient (Wildman–Crippen LogP) is 5.98. The number of rotatable bonds is 3.